The highest BCUT2D eigenvalue weighted by atomic mass is 12.7. The largest absolute Gasteiger partial charge is 0.106 e. The minimum Gasteiger partial charge on any atom is -0.106 e. The zero-order chi connectivity index (χ0) is 2.00. The molecular formula is C4H4. The van der Waals surface area contributed by atoms with Crippen LogP contribution >= 0.6 is 0 Å². The van der Waals surface area contributed by atoms with Crippen LogP contribution in [-0.4, -0.2) is 0 Å². The molecular weight excluding hydrogens is 48.0 g/mol. The van der Waals surface area contributed by atoms with Crippen LogP contribution in [0.4, 0.5) is 0 Å². The molecule has 0 atom stereocenters. The topological polar surface area (TPSA) is 0 Å². The van der Waals surface area contributed by atoms with Crippen LogP contribution < -0.4 is 0 Å². The van der Waals surface area contributed by atoms with Crippen LogP contribution in [0, 0.1) is 14.9 Å². The lowest BCUT2D eigenvalue weighted by molar-refractivity contribution is 2.81. The molecule has 8 radical (unpaired) electrons. The summed E-state index contributed by atoms with van der Waals surface area (Å²) in [6.07, 6.45) is 0. The van der Waals surface area contributed by atoms with Gasteiger partial charge >= 0.3 is 0 Å². The SMILES string of the molecule is C=C.[C].[C]. The maximum atomic E-state index is 3.00. The van der Waals surface area contributed by atoms with E-state index >= 15 is 0 Å². The molecule has 0 saturated heterocycles. The van der Waals surface area contributed by atoms with Crippen molar-refractivity contribution in [3.63, 3.8) is 0 Å². The Morgan fingerprint density at radius 2 is 0.750 bits per heavy atom. The summed E-state index contributed by atoms with van der Waals surface area (Å²) in [6, 6.07) is 0. The fourth-order valence-electron chi connectivity index (χ4n) is 0. The maximum Gasteiger partial charge on any atom is 0 e. The van der Waals surface area contributed by atoms with Crippen molar-refractivity contribution in [2.45, 2.75) is 0 Å². The van der Waals surface area contributed by atoms with E-state index < -0.39 is 0 Å². The van der Waals surface area contributed by atoms with Gasteiger partial charge in [0, 0.05) is 14.9 Å². The molecule has 0 bridgehead atoms. The summed E-state index contributed by atoms with van der Waals surface area (Å²) < 4.78 is 0. The van der Waals surface area contributed by atoms with E-state index in [-0.39, 0.29) is 14.9 Å². The Kier molecular flexibility index (Phi) is 1570. The van der Waals surface area contributed by atoms with Gasteiger partial charge < -0.3 is 0 Å². The predicted molar refractivity (Wildman–Crippen MR) is 17.7 cm³/mol. The van der Waals surface area contributed by atoms with Crippen molar-refractivity contribution < 1.29 is 0 Å². The van der Waals surface area contributed by atoms with Gasteiger partial charge in [-0.2, -0.15) is 0 Å². The molecule has 4 heavy (non-hydrogen) atoms. The highest BCUT2D eigenvalue weighted by Crippen LogP contribution is 0.862. The zero-order valence-electron chi connectivity index (χ0n) is 2.41. The second kappa shape index (κ2) is 123. The van der Waals surface area contributed by atoms with Crippen LogP contribution in [0.25, 0.3) is 0 Å². The van der Waals surface area contributed by atoms with E-state index in [1.54, 1.807) is 0 Å². The lowest BCUT2D eigenvalue weighted by Gasteiger charge is -0.813. The van der Waals surface area contributed by atoms with E-state index in [1.165, 1.54) is 0 Å². The van der Waals surface area contributed by atoms with Gasteiger partial charge in [0.25, 0.3) is 0 Å². The molecule has 20 valence electrons. The minimum absolute atomic E-state index is 0. The van der Waals surface area contributed by atoms with Gasteiger partial charge in [0.05, 0.1) is 0 Å². The van der Waals surface area contributed by atoms with Gasteiger partial charge in [0.15, 0.2) is 0 Å². The summed E-state index contributed by atoms with van der Waals surface area (Å²) in [5.41, 5.74) is 0. The van der Waals surface area contributed by atoms with E-state index in [0.717, 1.165) is 0 Å². The Morgan fingerprint density at radius 3 is 0.750 bits per heavy atom. The number of hydrogen-bond acceptors (Lipinski definition) is 0. The third-order valence-electron chi connectivity index (χ3n) is 0. The molecule has 0 N–H and O–H groups in total. The van der Waals surface area contributed by atoms with Gasteiger partial charge in [-0.25, -0.2) is 0 Å². The van der Waals surface area contributed by atoms with Gasteiger partial charge in [-0.3, -0.25) is 0 Å². The van der Waals surface area contributed by atoms with Crippen molar-refractivity contribution in [2.24, 2.45) is 0 Å². The van der Waals surface area contributed by atoms with Gasteiger partial charge in [-0.15, -0.1) is 13.2 Å². The van der Waals surface area contributed by atoms with Crippen molar-refractivity contribution in [1.82, 2.24) is 0 Å². The van der Waals surface area contributed by atoms with Crippen molar-refractivity contribution >= 4 is 0 Å². The summed E-state index contributed by atoms with van der Waals surface area (Å²) in [6.45, 7) is 6.00. The molecule has 0 rings (SSSR count). The second-order valence-electron chi connectivity index (χ2n) is 0. The summed E-state index contributed by atoms with van der Waals surface area (Å²) in [7, 11) is 0. The van der Waals surface area contributed by atoms with Gasteiger partial charge in [0.2, 0.25) is 0 Å². The lowest BCUT2D eigenvalue weighted by Crippen LogP contribution is -0.552. The Labute approximate surface area is 29.2 Å². The molecule has 0 aliphatic carbocycles. The molecule has 0 heteroatoms. The van der Waals surface area contributed by atoms with Crippen LogP contribution in [0.15, 0.2) is 13.2 Å². The molecule has 0 unspecified atom stereocenters. The first kappa shape index (κ1) is 51.3. The van der Waals surface area contributed by atoms with Crippen LogP contribution in [0.1, 0.15) is 0 Å². The highest BCUT2D eigenvalue weighted by Gasteiger charge is 0.601. The summed E-state index contributed by atoms with van der Waals surface area (Å²) in [5.74, 6) is 0. The van der Waals surface area contributed by atoms with Crippen LogP contribution in [0.3, 0.4) is 0 Å². The Hall–Kier alpha value is -0.260. The third kappa shape index (κ3) is 14.1. The molecule has 0 spiro atoms. The molecule has 0 saturated carbocycles. The molecule has 0 aromatic heterocycles. The summed E-state index contributed by atoms with van der Waals surface area (Å²) in [4.78, 5) is 0. The molecule has 0 aromatic rings. The third-order valence-corrected chi connectivity index (χ3v) is 0. The first-order valence-electron chi connectivity index (χ1n) is 0.500. The average Bonchev–Trinajstić information content (AvgIpc) is 1.00. The first-order chi connectivity index (χ1) is 1.00. The molecule has 0 aliphatic heterocycles. The fourth-order valence-corrected chi connectivity index (χ4v) is 0. The molecule has 0 amide bonds. The summed E-state index contributed by atoms with van der Waals surface area (Å²) in [5, 5.41) is 0. The van der Waals surface area contributed by atoms with Crippen LogP contribution in [0.2, 0.25) is 0 Å². The zero-order valence-corrected chi connectivity index (χ0v) is 2.41. The summed E-state index contributed by atoms with van der Waals surface area (Å²) >= 11 is 0. The molecule has 0 aromatic carbocycles. The van der Waals surface area contributed by atoms with Crippen molar-refractivity contribution in [3.8, 4) is 0 Å². The van der Waals surface area contributed by atoms with Crippen LogP contribution in [0.5, 0.6) is 0 Å². The van der Waals surface area contributed by atoms with E-state index in [4.69, 9.17) is 0 Å². The van der Waals surface area contributed by atoms with Gasteiger partial charge in [0.1, 0.15) is 0 Å². The fraction of sp³-hybridized carbons (Fsp3) is 0. The average molecular weight is 52.1 g/mol. The molecule has 0 fully saturated rings. The van der Waals surface area contributed by atoms with E-state index in [9.17, 15) is 0 Å². The predicted octanol–water partition coefficient (Wildman–Crippen LogP) is 0.965. The monoisotopic (exact) mass is 52.0 g/mol. The molecule has 0 aliphatic rings. The quantitative estimate of drug-likeness (QED) is 0.360. The van der Waals surface area contributed by atoms with Crippen molar-refractivity contribution in [1.29, 1.82) is 0 Å². The van der Waals surface area contributed by atoms with E-state index in [1.807, 2.05) is 0 Å². The van der Waals surface area contributed by atoms with Gasteiger partial charge in [-0.1, -0.05) is 0 Å². The lowest BCUT2D eigenvalue weighted by atomic mass is 11.3. The Bertz CT molecular complexity index is 0. The van der Waals surface area contributed by atoms with E-state index in [2.05, 4.69) is 13.2 Å². The Morgan fingerprint density at radius 1 is 0.750 bits per heavy atom. The van der Waals surface area contributed by atoms with Crippen molar-refractivity contribution in [2.75, 3.05) is 0 Å². The molecule has 0 nitrogen and oxygen atoms in total. The highest BCUT2D eigenvalue weighted by molar-refractivity contribution is 4.22. The minimum atomic E-state index is 0. The van der Waals surface area contributed by atoms with Crippen LogP contribution in [-0.2, 0) is 0 Å². The Balaban J connectivity index is -0.00000000500. The normalized spacial score (nSPS) is 1.00. The molecule has 0 heterocycles. The van der Waals surface area contributed by atoms with E-state index in [0.29, 0.717) is 0 Å². The number of rotatable bonds is 0. The maximum absolute atomic E-state index is 3.00. The second-order valence-corrected chi connectivity index (χ2v) is 0. The number of hydrogen-bond donors (Lipinski definition) is 0. The smallest absolute Gasteiger partial charge is 0 e. The first-order valence-corrected chi connectivity index (χ1v) is 0.500. The van der Waals surface area contributed by atoms with Crippen molar-refractivity contribution in [3.05, 3.63) is 28.0 Å². The van der Waals surface area contributed by atoms with Gasteiger partial charge in [-0.05, 0) is 0 Å². The standard InChI is InChI=1S/C2H4.2C/c1-2;;/h1-2H2;;.